The van der Waals surface area contributed by atoms with Crippen molar-refractivity contribution in [2.24, 2.45) is 0 Å². The first-order valence-corrected chi connectivity index (χ1v) is 11.7. The molecule has 0 fully saturated rings. The first-order chi connectivity index (χ1) is 15.5. The first kappa shape index (κ1) is 21.0. The van der Waals surface area contributed by atoms with Gasteiger partial charge in [-0.25, -0.2) is 19.9 Å². The van der Waals surface area contributed by atoms with Crippen LogP contribution in [-0.4, -0.2) is 30.1 Å². The minimum atomic E-state index is 0.172. The van der Waals surface area contributed by atoms with Crippen LogP contribution >= 0.6 is 45.2 Å². The third-order valence-electron chi connectivity index (χ3n) is 4.85. The smallest absolute Gasteiger partial charge is 0.156 e. The number of aromatic hydroxyl groups is 2. The van der Waals surface area contributed by atoms with E-state index >= 15 is 0 Å². The largest absolute Gasteiger partial charge is 0.506 e. The topological polar surface area (TPSA) is 92.0 Å². The van der Waals surface area contributed by atoms with Crippen LogP contribution in [0.4, 0.5) is 0 Å². The molecule has 6 nitrogen and oxygen atoms in total. The summed E-state index contributed by atoms with van der Waals surface area (Å²) in [5.74, 6) is 0.380. The summed E-state index contributed by atoms with van der Waals surface area (Å²) in [4.78, 5) is 17.8. The van der Waals surface area contributed by atoms with Crippen LogP contribution in [0.25, 0.3) is 44.1 Å². The second-order valence-corrected chi connectivity index (χ2v) is 9.28. The molecule has 156 valence electrons. The summed E-state index contributed by atoms with van der Waals surface area (Å²) in [7, 11) is 0. The van der Waals surface area contributed by atoms with E-state index in [0.29, 0.717) is 16.6 Å². The van der Waals surface area contributed by atoms with Gasteiger partial charge in [0.25, 0.3) is 0 Å². The van der Waals surface area contributed by atoms with Crippen LogP contribution in [0.2, 0.25) is 0 Å². The van der Waals surface area contributed by atoms with Crippen molar-refractivity contribution < 1.29 is 10.2 Å². The zero-order valence-corrected chi connectivity index (χ0v) is 20.7. The second kappa shape index (κ2) is 8.58. The molecule has 2 aromatic heterocycles. The van der Waals surface area contributed by atoms with E-state index in [2.05, 4.69) is 65.1 Å². The van der Waals surface area contributed by atoms with Gasteiger partial charge in [0, 0.05) is 3.57 Å². The van der Waals surface area contributed by atoms with Gasteiger partial charge >= 0.3 is 0 Å². The van der Waals surface area contributed by atoms with Crippen molar-refractivity contribution >= 4 is 89.3 Å². The summed E-state index contributed by atoms with van der Waals surface area (Å²) in [5.41, 5.74) is 5.88. The quantitative estimate of drug-likeness (QED) is 0.152. The van der Waals surface area contributed by atoms with Gasteiger partial charge in [0.2, 0.25) is 0 Å². The van der Waals surface area contributed by atoms with Crippen molar-refractivity contribution in [3.8, 4) is 11.5 Å². The third-order valence-corrected chi connectivity index (χ3v) is 6.49. The van der Waals surface area contributed by atoms with Crippen LogP contribution in [0, 0.1) is 7.14 Å². The van der Waals surface area contributed by atoms with E-state index < -0.39 is 0 Å². The Morgan fingerprint density at radius 1 is 0.500 bits per heavy atom. The number of rotatable bonds is 0. The van der Waals surface area contributed by atoms with Crippen molar-refractivity contribution in [3.05, 3.63) is 79.9 Å². The van der Waals surface area contributed by atoms with E-state index in [1.165, 1.54) is 0 Å². The predicted molar refractivity (Wildman–Crippen MR) is 143 cm³/mol. The molecule has 2 N–H and O–H groups in total. The van der Waals surface area contributed by atoms with Gasteiger partial charge in [0.15, 0.2) is 5.75 Å². The van der Waals surface area contributed by atoms with Gasteiger partial charge in [-0.15, -0.1) is 0 Å². The van der Waals surface area contributed by atoms with E-state index in [4.69, 9.17) is 0 Å². The summed E-state index contributed by atoms with van der Waals surface area (Å²) in [6, 6.07) is 22.4. The second-order valence-electron chi connectivity index (χ2n) is 6.96. The van der Waals surface area contributed by atoms with E-state index in [9.17, 15) is 10.2 Å². The maximum atomic E-state index is 10.0. The number of halogens is 2. The minimum absolute atomic E-state index is 0.172. The standard InChI is InChI=1S/C12H6I2N2O.C12H8N2O/c13-6-5-7(14)12(17)11-10(6)15-8-3-1-2-4-9(8)16-11;15-11-7-3-6-10-12(11)14-9-5-2-1-4-8(9)13-10/h1-5,17H;1-7,15H. The Bertz CT molecular complexity index is 1640. The fraction of sp³-hybridized carbons (Fsp3) is 0. The summed E-state index contributed by atoms with van der Waals surface area (Å²) in [6.45, 7) is 0. The summed E-state index contributed by atoms with van der Waals surface area (Å²) < 4.78 is 1.79. The molecule has 0 aliphatic rings. The molecular weight excluding hydrogens is 630 g/mol. The molecular formula is C24H14I2N4O2. The number of fused-ring (bicyclic) bond motifs is 4. The van der Waals surface area contributed by atoms with Crippen LogP contribution in [0.1, 0.15) is 0 Å². The van der Waals surface area contributed by atoms with Crippen molar-refractivity contribution in [2.75, 3.05) is 0 Å². The Kier molecular flexibility index (Phi) is 5.64. The molecule has 4 aromatic carbocycles. The lowest BCUT2D eigenvalue weighted by atomic mass is 10.2. The zero-order valence-electron chi connectivity index (χ0n) is 16.4. The number of nitrogens with zero attached hydrogens (tertiary/aromatic N) is 4. The van der Waals surface area contributed by atoms with Gasteiger partial charge in [-0.05, 0) is 87.6 Å². The van der Waals surface area contributed by atoms with E-state index in [1.807, 2.05) is 60.7 Å². The minimum Gasteiger partial charge on any atom is -0.506 e. The molecule has 0 saturated carbocycles. The van der Waals surface area contributed by atoms with Crippen molar-refractivity contribution in [2.45, 2.75) is 0 Å². The summed E-state index contributed by atoms with van der Waals surface area (Å²) >= 11 is 4.31. The van der Waals surface area contributed by atoms with Crippen molar-refractivity contribution in [3.63, 3.8) is 0 Å². The fourth-order valence-electron chi connectivity index (χ4n) is 3.32. The third kappa shape index (κ3) is 3.88. The number of phenolic OH excluding ortho intramolecular Hbond substituents is 2. The lowest BCUT2D eigenvalue weighted by Crippen LogP contribution is -1.92. The van der Waals surface area contributed by atoms with Crippen molar-refractivity contribution in [1.82, 2.24) is 19.9 Å². The molecule has 0 bridgehead atoms. The highest BCUT2D eigenvalue weighted by atomic mass is 127. The molecule has 6 rings (SSSR count). The highest BCUT2D eigenvalue weighted by Gasteiger charge is 2.12. The van der Waals surface area contributed by atoms with Crippen LogP contribution < -0.4 is 0 Å². The molecule has 0 spiro atoms. The van der Waals surface area contributed by atoms with Gasteiger partial charge in [-0.2, -0.15) is 0 Å². The normalized spacial score (nSPS) is 11.1. The van der Waals surface area contributed by atoms with Crippen LogP contribution in [0.5, 0.6) is 11.5 Å². The monoisotopic (exact) mass is 644 g/mol. The first-order valence-electron chi connectivity index (χ1n) is 9.59. The van der Waals surface area contributed by atoms with Crippen molar-refractivity contribution in [1.29, 1.82) is 0 Å². The van der Waals surface area contributed by atoms with Gasteiger partial charge < -0.3 is 10.2 Å². The lowest BCUT2D eigenvalue weighted by Gasteiger charge is -2.06. The van der Waals surface area contributed by atoms with Crippen LogP contribution in [0.3, 0.4) is 0 Å². The average molecular weight is 644 g/mol. The summed E-state index contributed by atoms with van der Waals surface area (Å²) in [6.07, 6.45) is 0. The molecule has 0 atom stereocenters. The number of aromatic nitrogens is 4. The number of hydrogen-bond donors (Lipinski definition) is 2. The SMILES string of the molecule is Oc1c(I)cc(I)c2nc3ccccc3nc12.Oc1cccc2nc3ccccc3nc12. The highest BCUT2D eigenvalue weighted by Crippen LogP contribution is 2.32. The lowest BCUT2D eigenvalue weighted by molar-refractivity contribution is 0.476. The van der Waals surface area contributed by atoms with Gasteiger partial charge in [-0.1, -0.05) is 30.3 Å². The molecule has 0 aliphatic carbocycles. The zero-order chi connectivity index (χ0) is 22.2. The molecule has 0 unspecified atom stereocenters. The molecule has 6 aromatic rings. The van der Waals surface area contributed by atoms with Crippen LogP contribution in [-0.2, 0) is 0 Å². The fourth-order valence-corrected chi connectivity index (χ4v) is 5.17. The summed E-state index contributed by atoms with van der Waals surface area (Å²) in [5, 5.41) is 19.7. The van der Waals surface area contributed by atoms with E-state index in [0.717, 1.165) is 34.7 Å². The molecule has 0 saturated heterocycles. The molecule has 0 aliphatic heterocycles. The number of hydrogen-bond acceptors (Lipinski definition) is 6. The van der Waals surface area contributed by atoms with Gasteiger partial charge in [-0.3, -0.25) is 0 Å². The Hall–Kier alpha value is -2.86. The molecule has 0 radical (unpaired) electrons. The van der Waals surface area contributed by atoms with E-state index in [1.54, 1.807) is 12.1 Å². The highest BCUT2D eigenvalue weighted by molar-refractivity contribution is 14.1. The number of para-hydroxylation sites is 5. The maximum Gasteiger partial charge on any atom is 0.156 e. The molecule has 32 heavy (non-hydrogen) atoms. The van der Waals surface area contributed by atoms with Gasteiger partial charge in [0.05, 0.1) is 31.2 Å². The Labute approximate surface area is 209 Å². The molecule has 8 heteroatoms. The predicted octanol–water partition coefficient (Wildman–Crippen LogP) is 6.19. The molecule has 2 heterocycles. The van der Waals surface area contributed by atoms with Gasteiger partial charge in [0.1, 0.15) is 22.3 Å². The van der Waals surface area contributed by atoms with Crippen LogP contribution in [0.15, 0.2) is 72.8 Å². The Morgan fingerprint density at radius 3 is 1.62 bits per heavy atom. The Morgan fingerprint density at radius 2 is 1.00 bits per heavy atom. The van der Waals surface area contributed by atoms with E-state index in [-0.39, 0.29) is 11.5 Å². The number of phenols is 2. The maximum absolute atomic E-state index is 10.0. The molecule has 0 amide bonds. The Balaban J connectivity index is 0.000000136. The number of benzene rings is 4. The average Bonchev–Trinajstić information content (AvgIpc) is 2.81.